The zero-order chi connectivity index (χ0) is 25.8. The van der Waals surface area contributed by atoms with E-state index in [1.54, 1.807) is 18.3 Å². The van der Waals surface area contributed by atoms with Gasteiger partial charge in [-0.3, -0.25) is 4.79 Å². The number of hydrazone groups is 1. The number of amides is 1. The SMILES string of the molecule is Cc1ccc(-n2cccc2C=NNC(=O)c2ccc(COc3ccc(-n4c(C)ccc4C)cc3)o2)cc1. The molecule has 0 aliphatic carbocycles. The summed E-state index contributed by atoms with van der Waals surface area (Å²) in [6.45, 7) is 6.42. The minimum Gasteiger partial charge on any atom is -0.486 e. The van der Waals surface area contributed by atoms with Crippen LogP contribution in [0.15, 0.2) is 101 Å². The Morgan fingerprint density at radius 3 is 2.32 bits per heavy atom. The monoisotopic (exact) mass is 492 g/mol. The van der Waals surface area contributed by atoms with E-state index >= 15 is 0 Å². The molecule has 3 aromatic heterocycles. The normalized spacial score (nSPS) is 11.2. The van der Waals surface area contributed by atoms with Crippen LogP contribution in [0.1, 0.15) is 39.0 Å². The summed E-state index contributed by atoms with van der Waals surface area (Å²) in [5.41, 5.74) is 9.00. The van der Waals surface area contributed by atoms with Crippen molar-refractivity contribution in [3.63, 3.8) is 0 Å². The van der Waals surface area contributed by atoms with Gasteiger partial charge in [0.05, 0.1) is 11.9 Å². The molecule has 0 aliphatic rings. The lowest BCUT2D eigenvalue weighted by atomic mass is 10.2. The lowest BCUT2D eigenvalue weighted by Gasteiger charge is -2.10. The minimum absolute atomic E-state index is 0.165. The van der Waals surface area contributed by atoms with E-state index in [0.29, 0.717) is 5.76 Å². The Morgan fingerprint density at radius 1 is 0.892 bits per heavy atom. The Hall–Kier alpha value is -4.78. The molecule has 186 valence electrons. The van der Waals surface area contributed by atoms with E-state index in [2.05, 4.69) is 53.2 Å². The number of benzene rings is 2. The number of nitrogens with one attached hydrogen (secondary N) is 1. The highest BCUT2D eigenvalue weighted by Gasteiger charge is 2.11. The standard InChI is InChI=1S/C30H28N4O3/c1-21-6-10-24(11-7-21)33-18-4-5-26(33)19-31-32-30(35)29-17-16-28(37-29)20-36-27-14-12-25(13-15-27)34-22(2)8-9-23(34)3/h4-19H,20H2,1-3H3,(H,32,35). The van der Waals surface area contributed by atoms with Crippen LogP contribution in [0, 0.1) is 20.8 Å². The van der Waals surface area contributed by atoms with Crippen molar-refractivity contribution in [2.24, 2.45) is 5.10 Å². The topological polar surface area (TPSA) is 73.7 Å². The van der Waals surface area contributed by atoms with E-state index in [-0.39, 0.29) is 12.4 Å². The average Bonchev–Trinajstić information content (AvgIpc) is 3.64. The Morgan fingerprint density at radius 2 is 1.59 bits per heavy atom. The van der Waals surface area contributed by atoms with E-state index in [1.807, 2.05) is 66.2 Å². The maximum absolute atomic E-state index is 12.5. The number of aryl methyl sites for hydroxylation is 3. The van der Waals surface area contributed by atoms with Gasteiger partial charge in [-0.05, 0) is 93.6 Å². The van der Waals surface area contributed by atoms with Crippen LogP contribution < -0.4 is 10.2 Å². The molecule has 0 aliphatic heterocycles. The van der Waals surface area contributed by atoms with Crippen LogP contribution in [0.2, 0.25) is 0 Å². The van der Waals surface area contributed by atoms with Gasteiger partial charge in [-0.15, -0.1) is 0 Å². The fraction of sp³-hybridized carbons (Fsp3) is 0.133. The van der Waals surface area contributed by atoms with Gasteiger partial charge in [0.15, 0.2) is 5.76 Å². The zero-order valence-corrected chi connectivity index (χ0v) is 21.0. The molecule has 7 heteroatoms. The second-order valence-corrected chi connectivity index (χ2v) is 8.84. The highest BCUT2D eigenvalue weighted by Crippen LogP contribution is 2.21. The van der Waals surface area contributed by atoms with E-state index < -0.39 is 5.91 Å². The number of hydrogen-bond donors (Lipinski definition) is 1. The number of aromatic nitrogens is 2. The summed E-state index contributed by atoms with van der Waals surface area (Å²) >= 11 is 0. The number of carbonyl (C=O) groups excluding carboxylic acids is 1. The summed E-state index contributed by atoms with van der Waals surface area (Å²) in [6, 6.07) is 27.4. The highest BCUT2D eigenvalue weighted by atomic mass is 16.5. The van der Waals surface area contributed by atoms with E-state index in [0.717, 1.165) is 22.8 Å². The van der Waals surface area contributed by atoms with Crippen LogP contribution in [0.25, 0.3) is 11.4 Å². The van der Waals surface area contributed by atoms with Gasteiger partial charge in [-0.2, -0.15) is 5.10 Å². The third-order valence-electron chi connectivity index (χ3n) is 6.09. The molecular weight excluding hydrogens is 464 g/mol. The van der Waals surface area contributed by atoms with Crippen molar-refractivity contribution >= 4 is 12.1 Å². The second kappa shape index (κ2) is 10.5. The molecule has 0 radical (unpaired) electrons. The molecule has 0 saturated carbocycles. The number of furan rings is 1. The summed E-state index contributed by atoms with van der Waals surface area (Å²) in [5, 5.41) is 4.10. The predicted molar refractivity (Wildman–Crippen MR) is 144 cm³/mol. The Kier molecular flexibility index (Phi) is 6.76. The first-order valence-corrected chi connectivity index (χ1v) is 12.0. The lowest BCUT2D eigenvalue weighted by molar-refractivity contribution is 0.0923. The Labute approximate surface area is 215 Å². The lowest BCUT2D eigenvalue weighted by Crippen LogP contribution is -2.17. The van der Waals surface area contributed by atoms with Crippen LogP contribution in [-0.2, 0) is 6.61 Å². The molecule has 5 rings (SSSR count). The fourth-order valence-corrected chi connectivity index (χ4v) is 4.15. The van der Waals surface area contributed by atoms with Gasteiger partial charge in [0.25, 0.3) is 0 Å². The molecule has 0 fully saturated rings. The van der Waals surface area contributed by atoms with Crippen molar-refractivity contribution in [3.8, 4) is 17.1 Å². The molecule has 37 heavy (non-hydrogen) atoms. The third-order valence-corrected chi connectivity index (χ3v) is 6.09. The molecule has 3 heterocycles. The van der Waals surface area contributed by atoms with Gasteiger partial charge in [-0.1, -0.05) is 17.7 Å². The van der Waals surface area contributed by atoms with Gasteiger partial charge in [0, 0.05) is 29.0 Å². The van der Waals surface area contributed by atoms with Crippen LogP contribution in [0.3, 0.4) is 0 Å². The summed E-state index contributed by atoms with van der Waals surface area (Å²) in [5.74, 6) is 0.995. The fourth-order valence-electron chi connectivity index (χ4n) is 4.15. The van der Waals surface area contributed by atoms with E-state index in [4.69, 9.17) is 9.15 Å². The predicted octanol–water partition coefficient (Wildman–Crippen LogP) is 6.13. The largest absolute Gasteiger partial charge is 0.486 e. The molecule has 5 aromatic rings. The van der Waals surface area contributed by atoms with Gasteiger partial charge >= 0.3 is 5.91 Å². The van der Waals surface area contributed by atoms with Gasteiger partial charge < -0.3 is 18.3 Å². The Balaban J connectivity index is 1.16. The quantitative estimate of drug-likeness (QED) is 0.209. The van der Waals surface area contributed by atoms with Crippen LogP contribution in [0.5, 0.6) is 5.75 Å². The Bertz CT molecular complexity index is 1520. The van der Waals surface area contributed by atoms with E-state index in [1.165, 1.54) is 17.0 Å². The molecule has 1 N–H and O–H groups in total. The first-order valence-electron chi connectivity index (χ1n) is 12.0. The second-order valence-electron chi connectivity index (χ2n) is 8.84. The first-order chi connectivity index (χ1) is 18.0. The first kappa shape index (κ1) is 23.9. The third kappa shape index (κ3) is 5.41. The number of hydrogen-bond acceptors (Lipinski definition) is 4. The van der Waals surface area contributed by atoms with Crippen molar-refractivity contribution in [1.82, 2.24) is 14.6 Å². The zero-order valence-electron chi connectivity index (χ0n) is 21.0. The van der Waals surface area contributed by atoms with Crippen molar-refractivity contribution in [1.29, 1.82) is 0 Å². The van der Waals surface area contributed by atoms with Crippen LogP contribution in [0.4, 0.5) is 0 Å². The smallest absolute Gasteiger partial charge is 0.307 e. The molecule has 1 amide bonds. The maximum atomic E-state index is 12.5. The summed E-state index contributed by atoms with van der Waals surface area (Å²) in [6.07, 6.45) is 3.55. The molecule has 0 saturated heterocycles. The number of nitrogens with zero attached hydrogens (tertiary/aromatic N) is 3. The van der Waals surface area contributed by atoms with Crippen LogP contribution in [-0.4, -0.2) is 21.3 Å². The number of ether oxygens (including phenoxy) is 1. The van der Waals surface area contributed by atoms with Gasteiger partial charge in [-0.25, -0.2) is 5.43 Å². The summed E-state index contributed by atoms with van der Waals surface area (Å²) in [7, 11) is 0. The minimum atomic E-state index is -0.433. The molecule has 0 unspecified atom stereocenters. The molecule has 0 atom stereocenters. The van der Waals surface area contributed by atoms with Crippen LogP contribution >= 0.6 is 0 Å². The number of carbonyl (C=O) groups is 1. The molecule has 7 nitrogen and oxygen atoms in total. The van der Waals surface area contributed by atoms with Crippen molar-refractivity contribution in [2.75, 3.05) is 0 Å². The molecule has 0 bridgehead atoms. The number of rotatable bonds is 8. The van der Waals surface area contributed by atoms with Crippen molar-refractivity contribution in [2.45, 2.75) is 27.4 Å². The molecule has 2 aromatic carbocycles. The van der Waals surface area contributed by atoms with Crippen molar-refractivity contribution < 1.29 is 13.9 Å². The maximum Gasteiger partial charge on any atom is 0.307 e. The van der Waals surface area contributed by atoms with Gasteiger partial charge in [0.2, 0.25) is 0 Å². The summed E-state index contributed by atoms with van der Waals surface area (Å²) < 4.78 is 15.7. The molecule has 0 spiro atoms. The van der Waals surface area contributed by atoms with Crippen molar-refractivity contribution in [3.05, 3.63) is 125 Å². The highest BCUT2D eigenvalue weighted by molar-refractivity contribution is 5.92. The average molecular weight is 493 g/mol. The molecular formula is C30H28N4O3. The summed E-state index contributed by atoms with van der Waals surface area (Å²) in [4.78, 5) is 12.5. The van der Waals surface area contributed by atoms with E-state index in [9.17, 15) is 4.79 Å². The van der Waals surface area contributed by atoms with Gasteiger partial charge in [0.1, 0.15) is 18.1 Å².